The Morgan fingerprint density at radius 2 is 2.00 bits per heavy atom. The predicted octanol–water partition coefficient (Wildman–Crippen LogP) is 3.19. The number of piperidine rings is 1. The monoisotopic (exact) mass is 469 g/mol. The number of rotatable bonds is 7. The molecular weight excluding hydrogens is 442 g/mol. The quantitative estimate of drug-likeness (QED) is 0.487. The molecule has 2 aromatic heterocycles. The van der Waals surface area contributed by atoms with Gasteiger partial charge in [0.25, 0.3) is 0 Å². The molecule has 8 nitrogen and oxygen atoms in total. The molecule has 0 bridgehead atoms. The Bertz CT molecular complexity index is 1140. The zero-order valence-corrected chi connectivity index (χ0v) is 19.4. The van der Waals surface area contributed by atoms with E-state index in [4.69, 9.17) is 13.7 Å². The molecule has 5 rings (SSSR count). The molecule has 1 unspecified atom stereocenters. The lowest BCUT2D eigenvalue weighted by Gasteiger charge is -2.30. The van der Waals surface area contributed by atoms with Crippen molar-refractivity contribution in [1.82, 2.24) is 14.4 Å². The maximum absolute atomic E-state index is 12.6. The third-order valence-electron chi connectivity index (χ3n) is 6.37. The Morgan fingerprint density at radius 1 is 1.18 bits per heavy atom. The number of benzene rings is 1. The Balaban J connectivity index is 1.15. The van der Waals surface area contributed by atoms with Crippen molar-refractivity contribution in [2.45, 2.75) is 32.5 Å². The lowest BCUT2D eigenvalue weighted by atomic mass is 9.99. The molecule has 1 saturated heterocycles. The molecule has 1 fully saturated rings. The van der Waals surface area contributed by atoms with Gasteiger partial charge in [-0.05, 0) is 36.0 Å². The van der Waals surface area contributed by atoms with Crippen LogP contribution in [0.3, 0.4) is 0 Å². The van der Waals surface area contributed by atoms with Gasteiger partial charge in [-0.15, -0.1) is 4.31 Å². The number of hydrogen-bond donors (Lipinski definition) is 0. The largest absolute Gasteiger partial charge is 0.598 e. The van der Waals surface area contributed by atoms with Crippen LogP contribution in [0, 0.1) is 5.92 Å². The Labute approximate surface area is 195 Å². The molecular formula is C24H27N3O5S. The number of fused-ring (bicyclic) bond motifs is 1. The van der Waals surface area contributed by atoms with Crippen molar-refractivity contribution < 1.29 is 18.2 Å². The highest BCUT2D eigenvalue weighted by Crippen LogP contribution is 2.29. The van der Waals surface area contributed by atoms with Crippen LogP contribution in [0.1, 0.15) is 29.7 Å². The summed E-state index contributed by atoms with van der Waals surface area (Å²) in [5, 5.41) is 4.01. The van der Waals surface area contributed by atoms with Crippen molar-refractivity contribution >= 4 is 11.4 Å². The molecule has 174 valence electrons. The van der Waals surface area contributed by atoms with Crippen LogP contribution in [0.5, 0.6) is 5.75 Å². The maximum atomic E-state index is 12.6. The van der Waals surface area contributed by atoms with E-state index in [1.165, 1.54) is 23.5 Å². The zero-order chi connectivity index (χ0) is 22.8. The number of aromatic nitrogens is 1. The van der Waals surface area contributed by atoms with E-state index in [1.54, 1.807) is 12.5 Å². The van der Waals surface area contributed by atoms with Crippen molar-refractivity contribution in [3.63, 3.8) is 0 Å². The van der Waals surface area contributed by atoms with Gasteiger partial charge in [0, 0.05) is 55.2 Å². The summed E-state index contributed by atoms with van der Waals surface area (Å²) >= 11 is -0.920. The van der Waals surface area contributed by atoms with Crippen LogP contribution in [0.25, 0.3) is 11.3 Å². The number of ether oxygens (including phenoxy) is 1. The fourth-order valence-corrected chi connectivity index (χ4v) is 5.21. The first kappa shape index (κ1) is 22.2. The predicted molar refractivity (Wildman–Crippen MR) is 124 cm³/mol. The summed E-state index contributed by atoms with van der Waals surface area (Å²) in [5.74, 6) is 1.23. The maximum Gasteiger partial charge on any atom is 0.227 e. The first-order chi connectivity index (χ1) is 16.0. The molecule has 0 radical (unpaired) electrons. The molecule has 9 heteroatoms. The average molecular weight is 470 g/mol. The summed E-state index contributed by atoms with van der Waals surface area (Å²) in [7, 11) is 0. The van der Waals surface area contributed by atoms with Gasteiger partial charge >= 0.3 is 0 Å². The highest BCUT2D eigenvalue weighted by molar-refractivity contribution is 7.88. The summed E-state index contributed by atoms with van der Waals surface area (Å²) in [6.07, 6.45) is 6.54. The highest BCUT2D eigenvalue weighted by atomic mass is 32.2. The smallest absolute Gasteiger partial charge is 0.227 e. The summed E-state index contributed by atoms with van der Waals surface area (Å²) in [5.41, 5.74) is 4.21. The van der Waals surface area contributed by atoms with E-state index >= 15 is 0 Å². The topological polar surface area (TPSA) is 95.0 Å². The molecule has 1 aromatic carbocycles. The third-order valence-corrected chi connectivity index (χ3v) is 7.46. The molecule has 33 heavy (non-hydrogen) atoms. The second kappa shape index (κ2) is 9.72. The fourth-order valence-electron chi connectivity index (χ4n) is 4.49. The van der Waals surface area contributed by atoms with Crippen LogP contribution < -0.4 is 10.2 Å². The summed E-state index contributed by atoms with van der Waals surface area (Å²) in [4.78, 5) is 14.8. The van der Waals surface area contributed by atoms with Gasteiger partial charge in [0.2, 0.25) is 11.2 Å². The van der Waals surface area contributed by atoms with Crippen molar-refractivity contribution in [1.29, 1.82) is 0 Å². The van der Waals surface area contributed by atoms with Crippen LogP contribution in [0.15, 0.2) is 56.6 Å². The molecule has 0 N–H and O–H groups in total. The molecule has 4 heterocycles. The minimum absolute atomic E-state index is 0.159. The first-order valence-electron chi connectivity index (χ1n) is 11.1. The zero-order valence-electron chi connectivity index (χ0n) is 18.6. The minimum atomic E-state index is -0.920. The van der Waals surface area contributed by atoms with Gasteiger partial charge in [0.1, 0.15) is 30.2 Å². The number of hydrogen-bond acceptors (Lipinski definition) is 8. The summed E-state index contributed by atoms with van der Waals surface area (Å²) in [6, 6.07) is 9.70. The van der Waals surface area contributed by atoms with E-state index in [9.17, 15) is 9.35 Å². The van der Waals surface area contributed by atoms with Crippen LogP contribution in [0.2, 0.25) is 0 Å². The molecule has 0 amide bonds. The van der Waals surface area contributed by atoms with Crippen molar-refractivity contribution in [3.8, 4) is 17.0 Å². The molecule has 2 aliphatic heterocycles. The SMILES string of the molecule is C[S+]([O-])N1CCC(COc2coc(CN3Cc4ccc(-c5ccon5)cc4C3)cc2=O)CC1. The average Bonchev–Trinajstić information content (AvgIpc) is 3.48. The Kier molecular flexibility index (Phi) is 6.55. The van der Waals surface area contributed by atoms with Gasteiger partial charge in [-0.25, -0.2) is 0 Å². The molecule has 0 spiro atoms. The molecule has 3 aromatic rings. The standard InChI is InChI=1S/C24H27N3O5S/c1-33(29)27-7-4-17(5-8-27)15-31-24-16-30-21(11-23(24)28)14-26-12-19-3-2-18(10-20(19)13-26)22-6-9-32-25-22/h2-3,6,9-11,16-17H,4-5,7-8,12-15H2,1H3. The first-order valence-corrected chi connectivity index (χ1v) is 12.6. The van der Waals surface area contributed by atoms with Gasteiger partial charge < -0.3 is 18.2 Å². The molecule has 0 aliphatic carbocycles. The molecule has 2 aliphatic rings. The Morgan fingerprint density at radius 3 is 2.73 bits per heavy atom. The summed E-state index contributed by atoms with van der Waals surface area (Å²) in [6.45, 7) is 4.20. The normalized spacial score (nSPS) is 18.4. The van der Waals surface area contributed by atoms with E-state index in [2.05, 4.69) is 28.3 Å². The van der Waals surface area contributed by atoms with E-state index in [-0.39, 0.29) is 11.2 Å². The van der Waals surface area contributed by atoms with Gasteiger partial charge in [0.05, 0.1) is 13.2 Å². The summed E-state index contributed by atoms with van der Waals surface area (Å²) < 4.78 is 30.0. The van der Waals surface area contributed by atoms with E-state index in [0.29, 0.717) is 24.8 Å². The van der Waals surface area contributed by atoms with E-state index < -0.39 is 11.4 Å². The van der Waals surface area contributed by atoms with Crippen molar-refractivity contribution in [2.75, 3.05) is 26.0 Å². The lowest BCUT2D eigenvalue weighted by molar-refractivity contribution is 0.180. The van der Waals surface area contributed by atoms with Crippen LogP contribution >= 0.6 is 0 Å². The minimum Gasteiger partial charge on any atom is -0.598 e. The van der Waals surface area contributed by atoms with E-state index in [1.807, 2.05) is 10.4 Å². The molecule has 1 atom stereocenters. The van der Waals surface area contributed by atoms with Gasteiger partial charge in [-0.2, -0.15) is 0 Å². The second-order valence-corrected chi connectivity index (χ2v) is 10.1. The fraction of sp³-hybridized carbons (Fsp3) is 0.417. The highest BCUT2D eigenvalue weighted by Gasteiger charge is 2.25. The van der Waals surface area contributed by atoms with Gasteiger partial charge in [-0.3, -0.25) is 9.69 Å². The van der Waals surface area contributed by atoms with Gasteiger partial charge in [0.15, 0.2) is 0 Å². The van der Waals surface area contributed by atoms with Crippen molar-refractivity contribution in [2.24, 2.45) is 5.92 Å². The van der Waals surface area contributed by atoms with Crippen molar-refractivity contribution in [3.05, 3.63) is 70.0 Å². The third kappa shape index (κ3) is 5.16. The molecule has 0 saturated carbocycles. The van der Waals surface area contributed by atoms with Gasteiger partial charge in [-0.1, -0.05) is 17.3 Å². The van der Waals surface area contributed by atoms with E-state index in [0.717, 1.165) is 50.3 Å². The second-order valence-electron chi connectivity index (χ2n) is 8.70. The Hall–Kier alpha value is -2.59. The van der Waals surface area contributed by atoms with Crippen LogP contribution in [-0.2, 0) is 31.0 Å². The lowest BCUT2D eigenvalue weighted by Crippen LogP contribution is -2.39. The van der Waals surface area contributed by atoms with Crippen LogP contribution in [-0.4, -0.2) is 44.9 Å². The van der Waals surface area contributed by atoms with Crippen LogP contribution in [0.4, 0.5) is 0 Å². The number of nitrogens with zero attached hydrogens (tertiary/aromatic N) is 3.